The van der Waals surface area contributed by atoms with Gasteiger partial charge in [0.05, 0.1) is 32.7 Å². The predicted molar refractivity (Wildman–Crippen MR) is 113 cm³/mol. The van der Waals surface area contributed by atoms with Crippen LogP contribution in [0, 0.1) is 22.7 Å². The summed E-state index contributed by atoms with van der Waals surface area (Å²) in [5.74, 6) is 4.14. The first-order valence-electron chi connectivity index (χ1n) is 9.46. The Morgan fingerprint density at radius 3 is 2.29 bits per heavy atom. The van der Waals surface area contributed by atoms with E-state index in [4.69, 9.17) is 4.98 Å². The molecule has 0 amide bonds. The quantitative estimate of drug-likeness (QED) is 0.441. The molecule has 2 saturated heterocycles. The molecule has 8 nitrogen and oxygen atoms in total. The van der Waals surface area contributed by atoms with E-state index in [0.29, 0.717) is 22.8 Å². The summed E-state index contributed by atoms with van der Waals surface area (Å²) >= 11 is 1.91. The number of likely N-dealkylation sites (N-methyl/N-ethyl adjacent to an activating group) is 1. The van der Waals surface area contributed by atoms with Gasteiger partial charge >= 0.3 is 5.96 Å². The van der Waals surface area contributed by atoms with Crippen molar-refractivity contribution in [2.75, 3.05) is 82.1 Å². The molecule has 2 fully saturated rings. The minimum atomic E-state index is 0.389. The molecule has 3 heterocycles. The first kappa shape index (κ1) is 20.2. The molecule has 2 aliphatic heterocycles. The number of nitriles is 2. The number of nitrogens with zero attached hydrogens (tertiary/aromatic N) is 7. The Labute approximate surface area is 171 Å². The highest BCUT2D eigenvalue weighted by Crippen LogP contribution is 2.26. The summed E-state index contributed by atoms with van der Waals surface area (Å²) in [4.78, 5) is 11.5. The Hall–Kier alpha value is -2.49. The van der Waals surface area contributed by atoms with Crippen molar-refractivity contribution in [3.63, 3.8) is 0 Å². The Balaban J connectivity index is 1.94. The molecule has 0 atom stereocenters. The standard InChI is InChI=1S/C19H26N8S/c1-24(2)19(27-6-4-25(3)5-7-27)23-17-15(13-20)12-16(14-21)18(22-17)26-8-10-28-11-9-26/h12H,4-11H2,1-3H3/p+1. The van der Waals surface area contributed by atoms with Crippen LogP contribution in [0.25, 0.3) is 0 Å². The number of guanidine groups is 1. The predicted octanol–water partition coefficient (Wildman–Crippen LogP) is 0.666. The second kappa shape index (κ2) is 9.13. The summed E-state index contributed by atoms with van der Waals surface area (Å²) in [5.41, 5.74) is 0.847. The number of thioether (sulfide) groups is 1. The first-order valence-corrected chi connectivity index (χ1v) is 10.6. The largest absolute Gasteiger partial charge is 0.354 e. The van der Waals surface area contributed by atoms with Crippen LogP contribution >= 0.6 is 11.8 Å². The van der Waals surface area contributed by atoms with E-state index >= 15 is 0 Å². The molecule has 0 saturated carbocycles. The lowest BCUT2D eigenvalue weighted by atomic mass is 10.1. The van der Waals surface area contributed by atoms with Gasteiger partial charge in [-0.1, -0.05) is 0 Å². The molecule has 0 aliphatic carbocycles. The third-order valence-corrected chi connectivity index (χ3v) is 5.95. The Morgan fingerprint density at radius 1 is 1.07 bits per heavy atom. The molecule has 9 heteroatoms. The average molecular weight is 400 g/mol. The van der Waals surface area contributed by atoms with Gasteiger partial charge < -0.3 is 9.80 Å². The number of hydrogen-bond acceptors (Lipinski definition) is 6. The van der Waals surface area contributed by atoms with E-state index in [9.17, 15) is 10.5 Å². The van der Waals surface area contributed by atoms with E-state index in [1.54, 1.807) is 6.07 Å². The lowest BCUT2D eigenvalue weighted by Crippen LogP contribution is -2.51. The van der Waals surface area contributed by atoms with Crippen molar-refractivity contribution in [1.82, 2.24) is 14.8 Å². The highest BCUT2D eigenvalue weighted by atomic mass is 32.2. The molecule has 3 rings (SSSR count). The lowest BCUT2D eigenvalue weighted by molar-refractivity contribution is -0.470. The molecule has 28 heavy (non-hydrogen) atoms. The Kier molecular flexibility index (Phi) is 6.61. The number of hydrogen-bond donors (Lipinski definition) is 1. The lowest BCUT2D eigenvalue weighted by Gasteiger charge is -2.31. The van der Waals surface area contributed by atoms with E-state index in [2.05, 4.69) is 39.2 Å². The van der Waals surface area contributed by atoms with Gasteiger partial charge in [0, 0.05) is 37.7 Å². The van der Waals surface area contributed by atoms with Crippen molar-refractivity contribution in [1.29, 1.82) is 10.5 Å². The molecule has 0 aromatic carbocycles. The summed E-state index contributed by atoms with van der Waals surface area (Å²) in [6, 6.07) is 6.07. The van der Waals surface area contributed by atoms with Crippen LogP contribution < -0.4 is 10.2 Å². The summed E-state index contributed by atoms with van der Waals surface area (Å²) < 4.78 is 2.02. The van der Waals surface area contributed by atoms with Crippen LogP contribution in [-0.2, 0) is 0 Å². The maximum absolute atomic E-state index is 9.64. The van der Waals surface area contributed by atoms with Crippen LogP contribution in [0.5, 0.6) is 0 Å². The van der Waals surface area contributed by atoms with Gasteiger partial charge in [0.1, 0.15) is 17.7 Å². The van der Waals surface area contributed by atoms with Crippen LogP contribution in [-0.4, -0.2) is 97.2 Å². The summed E-state index contributed by atoms with van der Waals surface area (Å²) in [7, 11) is 6.09. The zero-order valence-electron chi connectivity index (χ0n) is 16.8. The Morgan fingerprint density at radius 2 is 1.71 bits per heavy atom. The molecule has 0 unspecified atom stereocenters. The van der Waals surface area contributed by atoms with Gasteiger partial charge in [0.15, 0.2) is 5.82 Å². The monoisotopic (exact) mass is 399 g/mol. The van der Waals surface area contributed by atoms with Gasteiger partial charge in [-0.25, -0.2) is 5.32 Å². The smallest absolute Gasteiger partial charge is 0.353 e. The van der Waals surface area contributed by atoms with Crippen molar-refractivity contribution in [3.8, 4) is 12.1 Å². The normalized spacial score (nSPS) is 17.6. The van der Waals surface area contributed by atoms with Crippen molar-refractivity contribution in [3.05, 3.63) is 17.2 Å². The van der Waals surface area contributed by atoms with Crippen LogP contribution in [0.15, 0.2) is 6.07 Å². The van der Waals surface area contributed by atoms with E-state index in [-0.39, 0.29) is 0 Å². The fraction of sp³-hybridized carbons (Fsp3) is 0.579. The summed E-state index contributed by atoms with van der Waals surface area (Å²) in [6.07, 6.45) is 0. The van der Waals surface area contributed by atoms with Gasteiger partial charge in [-0.3, -0.25) is 9.48 Å². The fourth-order valence-corrected chi connectivity index (χ4v) is 4.28. The van der Waals surface area contributed by atoms with Crippen molar-refractivity contribution < 1.29 is 4.58 Å². The van der Waals surface area contributed by atoms with E-state index < -0.39 is 0 Å². The molecular weight excluding hydrogens is 372 g/mol. The molecule has 1 N–H and O–H groups in total. The van der Waals surface area contributed by atoms with Crippen molar-refractivity contribution in [2.24, 2.45) is 0 Å². The van der Waals surface area contributed by atoms with Gasteiger partial charge in [-0.2, -0.15) is 27.3 Å². The van der Waals surface area contributed by atoms with E-state index in [1.165, 1.54) is 0 Å². The number of aromatic nitrogens is 1. The van der Waals surface area contributed by atoms with E-state index in [1.807, 2.05) is 30.4 Å². The maximum atomic E-state index is 9.64. The fourth-order valence-electron chi connectivity index (χ4n) is 3.38. The number of nitrogens with one attached hydrogen (secondary N) is 1. The molecule has 148 valence electrons. The minimum Gasteiger partial charge on any atom is -0.354 e. The highest BCUT2D eigenvalue weighted by molar-refractivity contribution is 7.99. The van der Waals surface area contributed by atoms with Crippen molar-refractivity contribution >= 4 is 29.4 Å². The highest BCUT2D eigenvalue weighted by Gasteiger charge is 2.27. The Bertz CT molecular complexity index is 820. The van der Waals surface area contributed by atoms with Gasteiger partial charge in [-0.15, -0.1) is 0 Å². The number of anilines is 2. The number of piperazine rings is 1. The maximum Gasteiger partial charge on any atom is 0.353 e. The van der Waals surface area contributed by atoms with Crippen molar-refractivity contribution in [2.45, 2.75) is 0 Å². The summed E-state index contributed by atoms with van der Waals surface area (Å²) in [6.45, 7) is 5.51. The molecule has 1 aromatic rings. The average Bonchev–Trinajstić information content (AvgIpc) is 2.72. The first-order chi connectivity index (χ1) is 13.5. The third kappa shape index (κ3) is 4.49. The number of pyridine rings is 1. The number of rotatable bonds is 2. The SMILES string of the molecule is CN1CCN(C(Nc2nc(N3CCSCC3)c(C#N)cc2C#N)=[N+](C)C)CC1. The van der Waals surface area contributed by atoms with Gasteiger partial charge in [0.2, 0.25) is 5.82 Å². The van der Waals surface area contributed by atoms with Crippen LogP contribution in [0.3, 0.4) is 0 Å². The molecular formula is C19H27N8S+. The molecule has 0 radical (unpaired) electrons. The summed E-state index contributed by atoms with van der Waals surface area (Å²) in [5, 5.41) is 22.6. The van der Waals surface area contributed by atoms with Crippen LogP contribution in [0.2, 0.25) is 0 Å². The van der Waals surface area contributed by atoms with Crippen LogP contribution in [0.1, 0.15) is 11.1 Å². The minimum absolute atomic E-state index is 0.389. The van der Waals surface area contributed by atoms with Gasteiger partial charge in [0.25, 0.3) is 0 Å². The van der Waals surface area contributed by atoms with E-state index in [0.717, 1.165) is 56.7 Å². The third-order valence-electron chi connectivity index (χ3n) is 5.01. The topological polar surface area (TPSA) is 85.2 Å². The van der Waals surface area contributed by atoms with Gasteiger partial charge in [-0.05, 0) is 13.1 Å². The zero-order valence-corrected chi connectivity index (χ0v) is 17.6. The molecule has 2 aliphatic rings. The molecule has 0 bridgehead atoms. The second-order valence-corrected chi connectivity index (χ2v) is 8.44. The molecule has 1 aromatic heterocycles. The second-order valence-electron chi connectivity index (χ2n) is 7.21. The zero-order chi connectivity index (χ0) is 20.1. The van der Waals surface area contributed by atoms with Crippen LogP contribution in [0.4, 0.5) is 11.6 Å². The molecule has 0 spiro atoms.